The number of nitrogens with one attached hydrogen (secondary N) is 2. The smallest absolute Gasteiger partial charge is 0.271 e. The van der Waals surface area contributed by atoms with E-state index in [0.717, 1.165) is 18.8 Å². The van der Waals surface area contributed by atoms with E-state index in [1.165, 1.54) is 6.20 Å². The Morgan fingerprint density at radius 1 is 1.59 bits per heavy atom. The molecule has 2 heterocycles. The zero-order valence-electron chi connectivity index (χ0n) is 9.77. The van der Waals surface area contributed by atoms with Gasteiger partial charge in [0, 0.05) is 25.8 Å². The minimum atomic E-state index is -0.216. The molecule has 1 atom stereocenters. The zero-order valence-corrected chi connectivity index (χ0v) is 9.77. The van der Waals surface area contributed by atoms with Crippen LogP contribution in [0.25, 0.3) is 0 Å². The third kappa shape index (κ3) is 3.47. The van der Waals surface area contributed by atoms with Crippen LogP contribution in [0.1, 0.15) is 16.2 Å². The summed E-state index contributed by atoms with van der Waals surface area (Å²) >= 11 is 0. The van der Waals surface area contributed by atoms with Gasteiger partial charge in [0.25, 0.3) is 5.91 Å². The molecule has 1 aromatic heterocycles. The van der Waals surface area contributed by atoms with Gasteiger partial charge in [-0.1, -0.05) is 0 Å². The molecule has 1 aliphatic rings. The van der Waals surface area contributed by atoms with E-state index in [0.29, 0.717) is 18.8 Å². The fourth-order valence-corrected chi connectivity index (χ4v) is 1.56. The number of aromatic nitrogens is 2. The van der Waals surface area contributed by atoms with Crippen LogP contribution in [0.3, 0.4) is 0 Å². The number of rotatable bonds is 3. The Labute approximate surface area is 99.8 Å². The van der Waals surface area contributed by atoms with E-state index in [-0.39, 0.29) is 12.0 Å². The highest BCUT2D eigenvalue weighted by atomic mass is 16.5. The maximum Gasteiger partial charge on any atom is 0.271 e. The third-order valence-electron chi connectivity index (χ3n) is 2.51. The molecule has 1 amide bonds. The largest absolute Gasteiger partial charge is 0.374 e. The van der Waals surface area contributed by atoms with Crippen molar-refractivity contribution in [3.63, 3.8) is 0 Å². The summed E-state index contributed by atoms with van der Waals surface area (Å²) in [7, 11) is 0. The Balaban J connectivity index is 1.82. The fraction of sp³-hybridized carbons (Fsp3) is 0.545. The first-order valence-corrected chi connectivity index (χ1v) is 5.65. The normalized spacial score (nSPS) is 19.9. The summed E-state index contributed by atoms with van der Waals surface area (Å²) in [6.07, 6.45) is 3.09. The summed E-state index contributed by atoms with van der Waals surface area (Å²) in [4.78, 5) is 19.7. The summed E-state index contributed by atoms with van der Waals surface area (Å²) in [6.45, 7) is 4.64. The Bertz CT molecular complexity index is 374. The molecule has 1 fully saturated rings. The second-order valence-corrected chi connectivity index (χ2v) is 3.95. The van der Waals surface area contributed by atoms with Crippen molar-refractivity contribution in [1.82, 2.24) is 20.6 Å². The predicted octanol–water partition coefficient (Wildman–Crippen LogP) is -0.497. The highest BCUT2D eigenvalue weighted by molar-refractivity contribution is 5.91. The van der Waals surface area contributed by atoms with Crippen molar-refractivity contribution in [3.8, 4) is 0 Å². The first kappa shape index (κ1) is 11.9. The molecular weight excluding hydrogens is 220 g/mol. The third-order valence-corrected chi connectivity index (χ3v) is 2.51. The van der Waals surface area contributed by atoms with Crippen LogP contribution >= 0.6 is 0 Å². The molecular formula is C11H16N4O2. The van der Waals surface area contributed by atoms with Crippen LogP contribution in [0.2, 0.25) is 0 Å². The van der Waals surface area contributed by atoms with Gasteiger partial charge in [0.2, 0.25) is 0 Å². The lowest BCUT2D eigenvalue weighted by molar-refractivity contribution is 0.0286. The summed E-state index contributed by atoms with van der Waals surface area (Å²) < 4.78 is 5.47. The minimum Gasteiger partial charge on any atom is -0.374 e. The highest BCUT2D eigenvalue weighted by Gasteiger charge is 2.15. The van der Waals surface area contributed by atoms with Gasteiger partial charge < -0.3 is 15.4 Å². The van der Waals surface area contributed by atoms with Gasteiger partial charge in [-0.15, -0.1) is 0 Å². The Kier molecular flexibility index (Phi) is 4.00. The molecule has 1 aliphatic heterocycles. The van der Waals surface area contributed by atoms with Crippen LogP contribution in [0.4, 0.5) is 0 Å². The molecule has 6 heteroatoms. The lowest BCUT2D eigenvalue weighted by Gasteiger charge is -2.23. The molecule has 6 nitrogen and oxygen atoms in total. The van der Waals surface area contributed by atoms with E-state index >= 15 is 0 Å². The number of nitrogens with zero attached hydrogens (tertiary/aromatic N) is 2. The highest BCUT2D eigenvalue weighted by Crippen LogP contribution is 1.97. The van der Waals surface area contributed by atoms with Crippen molar-refractivity contribution in [1.29, 1.82) is 0 Å². The van der Waals surface area contributed by atoms with Crippen LogP contribution < -0.4 is 10.6 Å². The van der Waals surface area contributed by atoms with E-state index < -0.39 is 0 Å². The quantitative estimate of drug-likeness (QED) is 0.740. The average Bonchev–Trinajstić information content (AvgIpc) is 2.38. The second kappa shape index (κ2) is 5.70. The van der Waals surface area contributed by atoms with Crippen molar-refractivity contribution in [2.24, 2.45) is 0 Å². The van der Waals surface area contributed by atoms with Gasteiger partial charge >= 0.3 is 0 Å². The standard InChI is InChI=1S/C11H16N4O2/c1-8-4-14-10(7-13-8)11(16)15-6-9-5-12-2-3-17-9/h4,7,9,12H,2-3,5-6H2,1H3,(H,15,16). The molecule has 17 heavy (non-hydrogen) atoms. The maximum atomic E-state index is 11.7. The van der Waals surface area contributed by atoms with Crippen LogP contribution in [0.15, 0.2) is 12.4 Å². The number of morpholine rings is 1. The van der Waals surface area contributed by atoms with Gasteiger partial charge in [-0.2, -0.15) is 0 Å². The van der Waals surface area contributed by atoms with Crippen LogP contribution in [0, 0.1) is 6.92 Å². The van der Waals surface area contributed by atoms with Gasteiger partial charge in [0.05, 0.1) is 24.6 Å². The first-order chi connectivity index (χ1) is 8.25. The second-order valence-electron chi connectivity index (χ2n) is 3.95. The summed E-state index contributed by atoms with van der Waals surface area (Å²) in [6, 6.07) is 0. The Morgan fingerprint density at radius 3 is 3.12 bits per heavy atom. The predicted molar refractivity (Wildman–Crippen MR) is 61.7 cm³/mol. The van der Waals surface area contributed by atoms with Gasteiger partial charge in [0.1, 0.15) is 5.69 Å². The molecule has 1 unspecified atom stereocenters. The van der Waals surface area contributed by atoms with Crippen molar-refractivity contribution in [2.45, 2.75) is 13.0 Å². The van der Waals surface area contributed by atoms with Crippen molar-refractivity contribution < 1.29 is 9.53 Å². The number of carbonyl (C=O) groups is 1. The lowest BCUT2D eigenvalue weighted by atomic mass is 10.3. The SMILES string of the molecule is Cc1cnc(C(=O)NCC2CNCCO2)cn1. The van der Waals surface area contributed by atoms with Crippen LogP contribution in [-0.2, 0) is 4.74 Å². The molecule has 2 N–H and O–H groups in total. The maximum absolute atomic E-state index is 11.7. The molecule has 0 aromatic carbocycles. The zero-order chi connectivity index (χ0) is 12.1. The molecule has 2 rings (SSSR count). The van der Waals surface area contributed by atoms with Crippen molar-refractivity contribution in [3.05, 3.63) is 23.8 Å². The van der Waals surface area contributed by atoms with Gasteiger partial charge in [0.15, 0.2) is 0 Å². The van der Waals surface area contributed by atoms with Gasteiger partial charge in [-0.05, 0) is 6.92 Å². The summed E-state index contributed by atoms with van der Waals surface area (Å²) in [5.74, 6) is -0.216. The number of aryl methyl sites for hydroxylation is 1. The molecule has 1 saturated heterocycles. The molecule has 0 aliphatic carbocycles. The van der Waals surface area contributed by atoms with Crippen LogP contribution in [0.5, 0.6) is 0 Å². The molecule has 0 spiro atoms. The topological polar surface area (TPSA) is 76.1 Å². The Hall–Kier alpha value is -1.53. The van der Waals surface area contributed by atoms with Gasteiger partial charge in [-0.3, -0.25) is 9.78 Å². The van der Waals surface area contributed by atoms with E-state index in [4.69, 9.17) is 4.74 Å². The van der Waals surface area contributed by atoms with Crippen LogP contribution in [-0.4, -0.2) is 48.2 Å². The molecule has 1 aromatic rings. The Morgan fingerprint density at radius 2 is 2.47 bits per heavy atom. The molecule has 92 valence electrons. The fourth-order valence-electron chi connectivity index (χ4n) is 1.56. The summed E-state index contributed by atoms with van der Waals surface area (Å²) in [5.41, 5.74) is 1.13. The average molecular weight is 236 g/mol. The number of hydrogen-bond donors (Lipinski definition) is 2. The number of hydrogen-bond acceptors (Lipinski definition) is 5. The first-order valence-electron chi connectivity index (χ1n) is 5.65. The van der Waals surface area contributed by atoms with E-state index in [1.807, 2.05) is 6.92 Å². The number of ether oxygens (including phenoxy) is 1. The molecule has 0 saturated carbocycles. The monoisotopic (exact) mass is 236 g/mol. The number of amides is 1. The van der Waals surface area contributed by atoms with Crippen molar-refractivity contribution >= 4 is 5.91 Å². The van der Waals surface area contributed by atoms with E-state index in [2.05, 4.69) is 20.6 Å². The molecule has 0 bridgehead atoms. The van der Waals surface area contributed by atoms with E-state index in [9.17, 15) is 4.79 Å². The van der Waals surface area contributed by atoms with Gasteiger partial charge in [-0.25, -0.2) is 4.98 Å². The molecule has 0 radical (unpaired) electrons. The van der Waals surface area contributed by atoms with Crippen molar-refractivity contribution in [2.75, 3.05) is 26.2 Å². The lowest BCUT2D eigenvalue weighted by Crippen LogP contribution is -2.45. The number of carbonyl (C=O) groups excluding carboxylic acids is 1. The summed E-state index contributed by atoms with van der Waals surface area (Å²) in [5, 5.41) is 5.98. The minimum absolute atomic E-state index is 0.0334. The van der Waals surface area contributed by atoms with E-state index in [1.54, 1.807) is 6.20 Å².